The maximum atomic E-state index is 12.1. The van der Waals surface area contributed by atoms with E-state index in [0.717, 1.165) is 4.88 Å². The van der Waals surface area contributed by atoms with Crippen LogP contribution in [0.1, 0.15) is 49.4 Å². The van der Waals surface area contributed by atoms with Gasteiger partial charge in [-0.1, -0.05) is 32.4 Å². The monoisotopic (exact) mass is 376 g/mol. The predicted molar refractivity (Wildman–Crippen MR) is 96.9 cm³/mol. The Morgan fingerprint density at radius 2 is 1.91 bits per heavy atom. The standard InChI is InChI=1S/C16H25ClO4SSi/c1-7-20-14(19)9-13(18)12-8-11(22-15(12)17)10-21-23(5,6)16(2,3)4/h8H,7,9-10H2,1-6H3. The number of Topliss-reactive ketones (excluding diaryl/α,β-unsaturated/α-hetero) is 1. The van der Waals surface area contributed by atoms with Gasteiger partial charge in [-0.3, -0.25) is 9.59 Å². The van der Waals surface area contributed by atoms with Crippen LogP contribution in [0.25, 0.3) is 0 Å². The van der Waals surface area contributed by atoms with E-state index >= 15 is 0 Å². The molecule has 1 rings (SSSR count). The first kappa shape index (κ1) is 20.4. The second-order valence-electron chi connectivity index (χ2n) is 6.85. The Morgan fingerprint density at radius 3 is 2.43 bits per heavy atom. The molecule has 0 radical (unpaired) electrons. The Bertz CT molecular complexity index is 575. The van der Waals surface area contributed by atoms with Crippen LogP contribution in [0.15, 0.2) is 6.07 Å². The molecule has 0 saturated heterocycles. The lowest BCUT2D eigenvalue weighted by atomic mass is 10.1. The largest absolute Gasteiger partial charge is 0.466 e. The molecule has 7 heteroatoms. The minimum atomic E-state index is -1.86. The molecule has 1 aromatic heterocycles. The van der Waals surface area contributed by atoms with Crippen molar-refractivity contribution in [2.24, 2.45) is 0 Å². The molecule has 0 bridgehead atoms. The number of halogens is 1. The molecule has 0 saturated carbocycles. The van der Waals surface area contributed by atoms with Gasteiger partial charge in [-0.05, 0) is 31.1 Å². The predicted octanol–water partition coefficient (Wildman–Crippen LogP) is 5.06. The minimum absolute atomic E-state index is 0.122. The zero-order chi connectivity index (χ0) is 17.8. The molecule has 4 nitrogen and oxygen atoms in total. The minimum Gasteiger partial charge on any atom is -0.466 e. The zero-order valence-corrected chi connectivity index (χ0v) is 17.2. The average Bonchev–Trinajstić information content (AvgIpc) is 2.77. The Morgan fingerprint density at radius 1 is 1.30 bits per heavy atom. The summed E-state index contributed by atoms with van der Waals surface area (Å²) in [5.74, 6) is -0.845. The third-order valence-electron chi connectivity index (χ3n) is 4.03. The van der Waals surface area contributed by atoms with Gasteiger partial charge in [0.25, 0.3) is 0 Å². The first-order valence-electron chi connectivity index (χ1n) is 7.59. The number of hydrogen-bond donors (Lipinski definition) is 0. The number of carbonyl (C=O) groups excluding carboxylic acids is 2. The van der Waals surface area contributed by atoms with Gasteiger partial charge < -0.3 is 9.16 Å². The van der Waals surface area contributed by atoms with Crippen LogP contribution in [0.2, 0.25) is 22.5 Å². The fourth-order valence-electron chi connectivity index (χ4n) is 1.58. The smallest absolute Gasteiger partial charge is 0.313 e. The van der Waals surface area contributed by atoms with Gasteiger partial charge in [-0.25, -0.2) is 0 Å². The highest BCUT2D eigenvalue weighted by Crippen LogP contribution is 2.38. The van der Waals surface area contributed by atoms with Gasteiger partial charge >= 0.3 is 5.97 Å². The van der Waals surface area contributed by atoms with Gasteiger partial charge in [-0.15, -0.1) is 11.3 Å². The van der Waals surface area contributed by atoms with Crippen LogP contribution >= 0.6 is 22.9 Å². The van der Waals surface area contributed by atoms with E-state index < -0.39 is 14.3 Å². The third kappa shape index (κ3) is 5.71. The van der Waals surface area contributed by atoms with E-state index in [1.54, 1.807) is 13.0 Å². The number of ketones is 1. The van der Waals surface area contributed by atoms with Gasteiger partial charge in [0.1, 0.15) is 10.8 Å². The topological polar surface area (TPSA) is 52.6 Å². The maximum Gasteiger partial charge on any atom is 0.313 e. The summed E-state index contributed by atoms with van der Waals surface area (Å²) in [6.45, 7) is 13.3. The quantitative estimate of drug-likeness (QED) is 0.289. The fourth-order valence-corrected chi connectivity index (χ4v) is 3.90. The van der Waals surface area contributed by atoms with Crippen LogP contribution in [0.3, 0.4) is 0 Å². The lowest BCUT2D eigenvalue weighted by molar-refractivity contribution is -0.141. The van der Waals surface area contributed by atoms with Crippen molar-refractivity contribution in [1.29, 1.82) is 0 Å². The summed E-state index contributed by atoms with van der Waals surface area (Å²) >= 11 is 7.47. The highest BCUT2D eigenvalue weighted by Gasteiger charge is 2.37. The molecule has 0 aromatic carbocycles. The van der Waals surface area contributed by atoms with Gasteiger partial charge in [-0.2, -0.15) is 0 Å². The SMILES string of the molecule is CCOC(=O)CC(=O)c1cc(CO[Si](C)(C)C(C)(C)C)sc1Cl. The summed E-state index contributed by atoms with van der Waals surface area (Å²) in [7, 11) is -1.86. The molecule has 1 aromatic rings. The molecular formula is C16H25ClO4SSi. The molecule has 0 unspecified atom stereocenters. The highest BCUT2D eigenvalue weighted by atomic mass is 35.5. The lowest BCUT2D eigenvalue weighted by Crippen LogP contribution is -2.40. The molecule has 0 spiro atoms. The van der Waals surface area contributed by atoms with E-state index in [2.05, 4.69) is 33.9 Å². The van der Waals surface area contributed by atoms with Crippen LogP contribution in [0, 0.1) is 0 Å². The fraction of sp³-hybridized carbons (Fsp3) is 0.625. The molecule has 0 fully saturated rings. The number of rotatable bonds is 7. The molecule has 0 N–H and O–H groups in total. The van der Waals surface area contributed by atoms with Crippen molar-refractivity contribution in [3.05, 3.63) is 20.8 Å². The molecule has 0 amide bonds. The lowest BCUT2D eigenvalue weighted by Gasteiger charge is -2.36. The summed E-state index contributed by atoms with van der Waals surface area (Å²) in [4.78, 5) is 24.4. The van der Waals surface area contributed by atoms with Gasteiger partial charge in [0, 0.05) is 10.4 Å². The van der Waals surface area contributed by atoms with E-state index in [4.69, 9.17) is 20.8 Å². The van der Waals surface area contributed by atoms with Crippen LogP contribution in [0.5, 0.6) is 0 Å². The van der Waals surface area contributed by atoms with E-state index in [-0.39, 0.29) is 23.8 Å². The Kier molecular flexibility index (Phi) is 7.01. The molecule has 0 aliphatic rings. The molecular weight excluding hydrogens is 352 g/mol. The first-order valence-corrected chi connectivity index (χ1v) is 11.7. The van der Waals surface area contributed by atoms with Crippen LogP contribution in [0.4, 0.5) is 0 Å². The zero-order valence-electron chi connectivity index (χ0n) is 14.6. The van der Waals surface area contributed by atoms with E-state index in [9.17, 15) is 9.59 Å². The van der Waals surface area contributed by atoms with Gasteiger partial charge in [0.05, 0.1) is 13.2 Å². The van der Waals surface area contributed by atoms with Gasteiger partial charge in [0.15, 0.2) is 14.1 Å². The molecule has 1 heterocycles. The van der Waals surface area contributed by atoms with Crippen LogP contribution < -0.4 is 0 Å². The van der Waals surface area contributed by atoms with Crippen molar-refractivity contribution >= 4 is 43.0 Å². The summed E-state index contributed by atoms with van der Waals surface area (Å²) in [5, 5.41) is 0.122. The van der Waals surface area contributed by atoms with Crippen molar-refractivity contribution in [2.75, 3.05) is 6.61 Å². The number of hydrogen-bond acceptors (Lipinski definition) is 5. The number of thiophene rings is 1. The van der Waals surface area contributed by atoms with Crippen LogP contribution in [-0.2, 0) is 20.6 Å². The van der Waals surface area contributed by atoms with E-state index in [1.165, 1.54) is 11.3 Å². The van der Waals surface area contributed by atoms with E-state index in [1.807, 2.05) is 0 Å². The molecule has 0 atom stereocenters. The second kappa shape index (κ2) is 7.92. The molecule has 23 heavy (non-hydrogen) atoms. The van der Waals surface area contributed by atoms with Crippen molar-refractivity contribution in [3.63, 3.8) is 0 Å². The Hall–Kier alpha value is -0.693. The Balaban J connectivity index is 2.75. The van der Waals surface area contributed by atoms with Crippen molar-refractivity contribution in [3.8, 4) is 0 Å². The molecule has 130 valence electrons. The maximum absolute atomic E-state index is 12.1. The average molecular weight is 377 g/mol. The van der Waals surface area contributed by atoms with E-state index in [0.29, 0.717) is 16.5 Å². The summed E-state index contributed by atoms with van der Waals surface area (Å²) in [6.07, 6.45) is -0.285. The van der Waals surface area contributed by atoms with Gasteiger partial charge in [0.2, 0.25) is 0 Å². The van der Waals surface area contributed by atoms with Crippen LogP contribution in [-0.4, -0.2) is 26.7 Å². The number of ether oxygens (including phenoxy) is 1. The summed E-state index contributed by atoms with van der Waals surface area (Å²) in [6, 6.07) is 1.72. The highest BCUT2D eigenvalue weighted by molar-refractivity contribution is 7.16. The molecule has 0 aliphatic carbocycles. The second-order valence-corrected chi connectivity index (χ2v) is 13.4. The number of carbonyl (C=O) groups is 2. The normalized spacial score (nSPS) is 12.3. The number of esters is 1. The van der Waals surface area contributed by atoms with Crippen molar-refractivity contribution < 1.29 is 18.8 Å². The summed E-state index contributed by atoms with van der Waals surface area (Å²) < 4.78 is 11.3. The summed E-state index contributed by atoms with van der Waals surface area (Å²) in [5.41, 5.74) is 0.374. The third-order valence-corrected chi connectivity index (χ3v) is 9.84. The van der Waals surface area contributed by atoms with Crippen molar-refractivity contribution in [2.45, 2.75) is 58.9 Å². The first-order chi connectivity index (χ1) is 10.5. The molecule has 0 aliphatic heterocycles. The Labute approximate surface area is 148 Å². The van der Waals surface area contributed by atoms with Crippen molar-refractivity contribution in [1.82, 2.24) is 0 Å².